The van der Waals surface area contributed by atoms with Gasteiger partial charge in [-0.3, -0.25) is 4.57 Å². The minimum Gasteiger partial charge on any atom is -0.497 e. The van der Waals surface area contributed by atoms with Crippen molar-refractivity contribution in [2.75, 3.05) is 7.11 Å². The van der Waals surface area contributed by atoms with E-state index in [4.69, 9.17) is 14.2 Å². The second kappa shape index (κ2) is 8.33. The van der Waals surface area contributed by atoms with Gasteiger partial charge in [-0.2, -0.15) is 0 Å². The summed E-state index contributed by atoms with van der Waals surface area (Å²) in [5.74, 6) is 1.56. The maximum atomic E-state index is 13.3. The van der Waals surface area contributed by atoms with E-state index in [1.165, 1.54) is 0 Å². The molecule has 6 heteroatoms. The largest absolute Gasteiger partial charge is 0.497 e. The number of benzene rings is 3. The lowest BCUT2D eigenvalue weighted by Gasteiger charge is -2.21. The Labute approximate surface area is 210 Å². The summed E-state index contributed by atoms with van der Waals surface area (Å²) < 4.78 is 19.0. The summed E-state index contributed by atoms with van der Waals surface area (Å²) in [6, 6.07) is 18.0. The summed E-state index contributed by atoms with van der Waals surface area (Å²) in [6.07, 6.45) is 1.38. The SMILES string of the molecule is COc1ccc(-c2cc3[nH]c4c(OC(C)(C)C)cccc4c3c3ccn(C(=O)OC(C)(C)C)c23)cc1. The smallest absolute Gasteiger partial charge is 0.419 e. The fourth-order valence-corrected chi connectivity index (χ4v) is 4.60. The second-order valence-electron chi connectivity index (χ2n) is 11.0. The van der Waals surface area contributed by atoms with E-state index in [0.29, 0.717) is 0 Å². The zero-order valence-corrected chi connectivity index (χ0v) is 21.9. The zero-order chi connectivity index (χ0) is 25.8. The van der Waals surface area contributed by atoms with Crippen LogP contribution >= 0.6 is 0 Å². The van der Waals surface area contributed by atoms with E-state index in [0.717, 1.165) is 55.3 Å². The average molecular weight is 485 g/mol. The highest BCUT2D eigenvalue weighted by molar-refractivity contribution is 6.24. The van der Waals surface area contributed by atoms with Crippen LogP contribution in [0.2, 0.25) is 0 Å². The molecule has 0 fully saturated rings. The van der Waals surface area contributed by atoms with Crippen molar-refractivity contribution < 1.29 is 19.0 Å². The molecule has 0 saturated carbocycles. The summed E-state index contributed by atoms with van der Waals surface area (Å²) in [5, 5.41) is 3.04. The molecule has 0 atom stereocenters. The van der Waals surface area contributed by atoms with Gasteiger partial charge in [-0.1, -0.05) is 24.3 Å². The molecule has 0 amide bonds. The number of hydrogen-bond donors (Lipinski definition) is 1. The van der Waals surface area contributed by atoms with Crippen molar-refractivity contribution in [3.05, 3.63) is 60.8 Å². The summed E-state index contributed by atoms with van der Waals surface area (Å²) >= 11 is 0. The first-order valence-corrected chi connectivity index (χ1v) is 12.1. The number of nitrogens with zero attached hydrogens (tertiary/aromatic N) is 1. The molecule has 0 aliphatic heterocycles. The normalized spacial score (nSPS) is 12.4. The molecule has 1 N–H and O–H groups in total. The summed E-state index contributed by atoms with van der Waals surface area (Å²) in [4.78, 5) is 16.9. The van der Waals surface area contributed by atoms with Crippen molar-refractivity contribution in [3.8, 4) is 22.6 Å². The van der Waals surface area contributed by atoms with Gasteiger partial charge in [-0.25, -0.2) is 4.79 Å². The van der Waals surface area contributed by atoms with Crippen LogP contribution in [-0.2, 0) is 4.74 Å². The molecular weight excluding hydrogens is 452 g/mol. The first kappa shape index (κ1) is 23.8. The van der Waals surface area contributed by atoms with E-state index in [-0.39, 0.29) is 5.60 Å². The molecule has 0 radical (unpaired) electrons. The van der Waals surface area contributed by atoms with Crippen molar-refractivity contribution in [3.63, 3.8) is 0 Å². The Hall–Kier alpha value is -3.93. The molecular formula is C30H32N2O4. The van der Waals surface area contributed by atoms with Crippen LogP contribution in [0.15, 0.2) is 60.8 Å². The Balaban J connectivity index is 1.83. The van der Waals surface area contributed by atoms with Gasteiger partial charge in [0.05, 0.1) is 18.1 Å². The van der Waals surface area contributed by atoms with E-state index in [1.807, 2.05) is 84.0 Å². The van der Waals surface area contributed by atoms with Crippen LogP contribution in [0.4, 0.5) is 4.79 Å². The van der Waals surface area contributed by atoms with Crippen molar-refractivity contribution in [2.45, 2.75) is 52.7 Å². The molecule has 36 heavy (non-hydrogen) atoms. The third kappa shape index (κ3) is 4.28. The number of rotatable bonds is 3. The molecule has 0 saturated heterocycles. The standard InChI is InChI=1S/C30H32N2O4/c1-29(2,3)35-24-10-8-9-20-25-21-15-16-32(28(33)36-30(4,5)6)27(21)22(17-23(25)31-26(20)24)18-11-13-19(34-7)14-12-18/h8-17,31H,1-7H3. The number of carbonyl (C=O) groups is 1. The number of methoxy groups -OCH3 is 1. The number of aromatic nitrogens is 2. The molecule has 3 aromatic carbocycles. The number of fused-ring (bicyclic) bond motifs is 5. The van der Waals surface area contributed by atoms with E-state index < -0.39 is 11.7 Å². The molecule has 0 bridgehead atoms. The lowest BCUT2D eigenvalue weighted by Crippen LogP contribution is -2.26. The third-order valence-corrected chi connectivity index (χ3v) is 5.93. The second-order valence-corrected chi connectivity index (χ2v) is 11.0. The number of ether oxygens (including phenoxy) is 3. The maximum absolute atomic E-state index is 13.3. The van der Waals surface area contributed by atoms with Crippen molar-refractivity contribution in [1.82, 2.24) is 9.55 Å². The summed E-state index contributed by atoms with van der Waals surface area (Å²) in [6.45, 7) is 11.7. The van der Waals surface area contributed by atoms with Crippen molar-refractivity contribution >= 4 is 38.8 Å². The van der Waals surface area contributed by atoms with Crippen LogP contribution in [0.5, 0.6) is 11.5 Å². The minimum atomic E-state index is -0.613. The highest BCUT2D eigenvalue weighted by Gasteiger charge is 2.24. The van der Waals surface area contributed by atoms with Crippen LogP contribution in [0, 0.1) is 0 Å². The molecule has 6 nitrogen and oxygen atoms in total. The molecule has 0 spiro atoms. The number of carbonyl (C=O) groups excluding carboxylic acids is 1. The number of para-hydroxylation sites is 1. The van der Waals surface area contributed by atoms with Crippen LogP contribution in [-0.4, -0.2) is 34.0 Å². The first-order valence-electron chi connectivity index (χ1n) is 12.1. The molecule has 2 heterocycles. The van der Waals surface area contributed by atoms with Gasteiger partial charge in [0.25, 0.3) is 0 Å². The monoisotopic (exact) mass is 484 g/mol. The van der Waals surface area contributed by atoms with Crippen LogP contribution in [0.3, 0.4) is 0 Å². The van der Waals surface area contributed by atoms with Gasteiger partial charge in [0.15, 0.2) is 0 Å². The molecule has 5 aromatic rings. The van der Waals surface area contributed by atoms with Crippen LogP contribution in [0.1, 0.15) is 41.5 Å². The summed E-state index contributed by atoms with van der Waals surface area (Å²) in [7, 11) is 1.65. The fraction of sp³-hybridized carbons (Fsp3) is 0.300. The molecule has 0 aliphatic rings. The molecule has 186 valence electrons. The average Bonchev–Trinajstić information content (AvgIpc) is 3.39. The Bertz CT molecular complexity index is 1590. The molecule has 0 aliphatic carbocycles. The van der Waals surface area contributed by atoms with Crippen LogP contribution < -0.4 is 9.47 Å². The lowest BCUT2D eigenvalue weighted by atomic mass is 9.99. The van der Waals surface area contributed by atoms with Gasteiger partial charge >= 0.3 is 6.09 Å². The Morgan fingerprint density at radius 1 is 0.889 bits per heavy atom. The number of hydrogen-bond acceptors (Lipinski definition) is 4. The van der Waals surface area contributed by atoms with Crippen molar-refractivity contribution in [1.29, 1.82) is 0 Å². The predicted molar refractivity (Wildman–Crippen MR) is 145 cm³/mol. The van der Waals surface area contributed by atoms with Gasteiger partial charge in [0.2, 0.25) is 0 Å². The minimum absolute atomic E-state index is 0.338. The Morgan fingerprint density at radius 3 is 2.25 bits per heavy atom. The summed E-state index contributed by atoms with van der Waals surface area (Å²) in [5.41, 5.74) is 3.63. The Kier molecular flexibility index (Phi) is 5.51. The highest BCUT2D eigenvalue weighted by Crippen LogP contribution is 2.41. The zero-order valence-electron chi connectivity index (χ0n) is 21.9. The molecule has 0 unspecified atom stereocenters. The first-order chi connectivity index (χ1) is 16.9. The fourth-order valence-electron chi connectivity index (χ4n) is 4.60. The number of aromatic amines is 1. The third-order valence-electron chi connectivity index (χ3n) is 5.93. The lowest BCUT2D eigenvalue weighted by molar-refractivity contribution is 0.0544. The van der Waals surface area contributed by atoms with E-state index >= 15 is 0 Å². The van der Waals surface area contributed by atoms with Gasteiger partial charge in [0.1, 0.15) is 22.7 Å². The van der Waals surface area contributed by atoms with Gasteiger partial charge in [0, 0.05) is 33.4 Å². The topological polar surface area (TPSA) is 65.5 Å². The quantitative estimate of drug-likeness (QED) is 0.283. The van der Waals surface area contributed by atoms with Gasteiger partial charge in [-0.05, 0) is 77.4 Å². The van der Waals surface area contributed by atoms with E-state index in [1.54, 1.807) is 17.9 Å². The van der Waals surface area contributed by atoms with Gasteiger partial charge < -0.3 is 19.2 Å². The predicted octanol–water partition coefficient (Wildman–Crippen LogP) is 7.91. The van der Waals surface area contributed by atoms with E-state index in [9.17, 15) is 4.79 Å². The highest BCUT2D eigenvalue weighted by atomic mass is 16.6. The molecule has 2 aromatic heterocycles. The van der Waals surface area contributed by atoms with Crippen LogP contribution in [0.25, 0.3) is 43.8 Å². The maximum Gasteiger partial charge on any atom is 0.419 e. The van der Waals surface area contributed by atoms with Gasteiger partial charge in [-0.15, -0.1) is 0 Å². The Morgan fingerprint density at radius 2 is 1.61 bits per heavy atom. The van der Waals surface area contributed by atoms with Crippen molar-refractivity contribution in [2.24, 2.45) is 0 Å². The molecule has 5 rings (SSSR count). The number of H-pyrrole nitrogens is 1. The van der Waals surface area contributed by atoms with E-state index in [2.05, 4.69) is 17.1 Å². The number of nitrogens with one attached hydrogen (secondary N) is 1.